The van der Waals surface area contributed by atoms with E-state index in [4.69, 9.17) is 20.6 Å². The summed E-state index contributed by atoms with van der Waals surface area (Å²) in [7, 11) is 0. The summed E-state index contributed by atoms with van der Waals surface area (Å²) in [5.41, 5.74) is 10.4. The van der Waals surface area contributed by atoms with Gasteiger partial charge in [-0.3, -0.25) is 14.4 Å². The quantitative estimate of drug-likeness (QED) is 0.747. The lowest BCUT2D eigenvalue weighted by molar-refractivity contribution is -0.225. The third-order valence-electron chi connectivity index (χ3n) is 8.50. The van der Waals surface area contributed by atoms with Crippen LogP contribution in [0.2, 0.25) is 0 Å². The maximum absolute atomic E-state index is 13.6. The van der Waals surface area contributed by atoms with Crippen molar-refractivity contribution < 1.29 is 23.5 Å². The van der Waals surface area contributed by atoms with Crippen LogP contribution in [0.1, 0.15) is 58.1 Å². The van der Waals surface area contributed by atoms with Crippen molar-refractivity contribution in [1.82, 2.24) is 0 Å². The molecule has 7 nitrogen and oxygen atoms in total. The first-order valence-electron chi connectivity index (χ1n) is 9.88. The molecule has 1 aromatic rings. The fourth-order valence-corrected chi connectivity index (χ4v) is 6.54. The SMILES string of the molecule is C[C@]12C(=O)[C@@H](N)C[C@@H](C(N)=O)[C@]1(C)CC[C@H]1C(=O)O[C@H](c3ccoc3)C[C@@]12C. The van der Waals surface area contributed by atoms with Gasteiger partial charge in [0.2, 0.25) is 5.91 Å². The van der Waals surface area contributed by atoms with Crippen LogP contribution in [0, 0.1) is 28.1 Å². The van der Waals surface area contributed by atoms with Crippen molar-refractivity contribution in [2.45, 2.75) is 58.6 Å². The lowest BCUT2D eigenvalue weighted by Gasteiger charge is -2.67. The van der Waals surface area contributed by atoms with Gasteiger partial charge >= 0.3 is 5.97 Å². The predicted molar refractivity (Wildman–Crippen MR) is 99.5 cm³/mol. The van der Waals surface area contributed by atoms with Gasteiger partial charge in [-0.05, 0) is 42.6 Å². The van der Waals surface area contributed by atoms with Gasteiger partial charge in [0.25, 0.3) is 0 Å². The van der Waals surface area contributed by atoms with Gasteiger partial charge in [-0.1, -0.05) is 20.8 Å². The van der Waals surface area contributed by atoms with Crippen LogP contribution in [0.3, 0.4) is 0 Å². The van der Waals surface area contributed by atoms with Crippen molar-refractivity contribution in [3.05, 3.63) is 24.2 Å². The van der Waals surface area contributed by atoms with Crippen molar-refractivity contribution in [3.63, 3.8) is 0 Å². The van der Waals surface area contributed by atoms with Gasteiger partial charge in [-0.2, -0.15) is 0 Å². The average Bonchev–Trinajstić information content (AvgIpc) is 3.16. The molecule has 0 radical (unpaired) electrons. The first kappa shape index (κ1) is 19.2. The monoisotopic (exact) mass is 388 g/mol. The van der Waals surface area contributed by atoms with Crippen LogP contribution in [0.25, 0.3) is 0 Å². The van der Waals surface area contributed by atoms with Crippen molar-refractivity contribution in [2.75, 3.05) is 0 Å². The van der Waals surface area contributed by atoms with Crippen LogP contribution in [0.4, 0.5) is 0 Å². The number of fused-ring (bicyclic) bond motifs is 3. The van der Waals surface area contributed by atoms with E-state index in [1.54, 1.807) is 12.3 Å². The Labute approximate surface area is 164 Å². The molecule has 1 aromatic heterocycles. The summed E-state index contributed by atoms with van der Waals surface area (Å²) in [5, 5.41) is 0. The van der Waals surface area contributed by atoms with E-state index < -0.39 is 46.1 Å². The minimum Gasteiger partial charge on any atom is -0.472 e. The first-order valence-corrected chi connectivity index (χ1v) is 9.88. The molecule has 3 aliphatic rings. The molecule has 0 aromatic carbocycles. The number of hydrogen-bond donors (Lipinski definition) is 2. The van der Waals surface area contributed by atoms with Crippen molar-refractivity contribution >= 4 is 17.7 Å². The van der Waals surface area contributed by atoms with E-state index in [0.29, 0.717) is 19.3 Å². The van der Waals surface area contributed by atoms with Gasteiger partial charge in [0.1, 0.15) is 6.10 Å². The Morgan fingerprint density at radius 3 is 2.54 bits per heavy atom. The van der Waals surface area contributed by atoms with Crippen LogP contribution >= 0.6 is 0 Å². The number of Topliss-reactive ketones (excluding diaryl/α,β-unsaturated/α-hetero) is 1. The molecule has 2 heterocycles. The molecular weight excluding hydrogens is 360 g/mol. The summed E-state index contributed by atoms with van der Waals surface area (Å²) in [6.45, 7) is 5.85. The minimum absolute atomic E-state index is 0.0830. The number of amides is 1. The molecule has 3 fully saturated rings. The Balaban J connectivity index is 1.87. The number of ketones is 1. The van der Waals surface area contributed by atoms with Crippen LogP contribution in [-0.2, 0) is 19.1 Å². The number of hydrogen-bond acceptors (Lipinski definition) is 6. The molecule has 1 aliphatic heterocycles. The zero-order valence-corrected chi connectivity index (χ0v) is 16.6. The van der Waals surface area contributed by atoms with Gasteiger partial charge in [-0.15, -0.1) is 0 Å². The summed E-state index contributed by atoms with van der Waals surface area (Å²) >= 11 is 0. The second kappa shape index (κ2) is 5.92. The summed E-state index contributed by atoms with van der Waals surface area (Å²) in [6, 6.07) is 1.00. The average molecular weight is 388 g/mol. The predicted octanol–water partition coefficient (Wildman–Crippen LogP) is 2.10. The molecule has 0 unspecified atom stereocenters. The largest absolute Gasteiger partial charge is 0.472 e. The fourth-order valence-electron chi connectivity index (χ4n) is 6.54. The highest BCUT2D eigenvalue weighted by Gasteiger charge is 2.73. The van der Waals surface area contributed by atoms with Crippen LogP contribution in [0.5, 0.6) is 0 Å². The first-order chi connectivity index (χ1) is 13.1. The molecule has 2 saturated carbocycles. The Morgan fingerprint density at radius 2 is 1.93 bits per heavy atom. The number of nitrogens with two attached hydrogens (primary N) is 2. The highest BCUT2D eigenvalue weighted by molar-refractivity contribution is 5.95. The second-order valence-electron chi connectivity index (χ2n) is 9.40. The molecule has 152 valence electrons. The molecule has 4 N–H and O–H groups in total. The number of cyclic esters (lactones) is 1. The van der Waals surface area contributed by atoms with E-state index in [9.17, 15) is 14.4 Å². The zero-order chi connectivity index (χ0) is 20.5. The molecule has 0 bridgehead atoms. The molecular formula is C21H28N2O5. The van der Waals surface area contributed by atoms with Crippen LogP contribution in [-0.4, -0.2) is 23.7 Å². The van der Waals surface area contributed by atoms with Gasteiger partial charge in [0.05, 0.1) is 24.5 Å². The van der Waals surface area contributed by atoms with Crippen LogP contribution in [0.15, 0.2) is 23.0 Å². The summed E-state index contributed by atoms with van der Waals surface area (Å²) in [6.07, 6.45) is 4.45. The maximum atomic E-state index is 13.6. The number of primary amides is 1. The summed E-state index contributed by atoms with van der Waals surface area (Å²) < 4.78 is 10.9. The number of rotatable bonds is 2. The lowest BCUT2D eigenvalue weighted by atomic mass is 9.35. The van der Waals surface area contributed by atoms with Gasteiger partial charge in [-0.25, -0.2) is 0 Å². The zero-order valence-electron chi connectivity index (χ0n) is 16.6. The van der Waals surface area contributed by atoms with Crippen molar-refractivity contribution in [1.29, 1.82) is 0 Å². The van der Waals surface area contributed by atoms with E-state index in [-0.39, 0.29) is 18.2 Å². The number of furan rings is 1. The highest BCUT2D eigenvalue weighted by atomic mass is 16.5. The Hall–Kier alpha value is -2.15. The standard InChI is InChI=1S/C21H28N2O5/c1-19-6-4-12-18(26)28-15(11-5-7-27-10-11)9-20(12,2)21(19,3)16(24)14(22)8-13(19)17(23)25/h5,7,10,12-15H,4,6,8-9,22H2,1-3H3,(H2,23,25)/t12-,13-,14-,15-,19-,20-,21-/m0/s1. The Morgan fingerprint density at radius 1 is 1.21 bits per heavy atom. The van der Waals surface area contributed by atoms with E-state index in [1.165, 1.54) is 6.26 Å². The molecule has 1 saturated heterocycles. The molecule has 1 amide bonds. The summed E-state index contributed by atoms with van der Waals surface area (Å²) in [5.74, 6) is -1.74. The summed E-state index contributed by atoms with van der Waals surface area (Å²) in [4.78, 5) is 38.9. The molecule has 28 heavy (non-hydrogen) atoms. The number of carbonyl (C=O) groups is 3. The van der Waals surface area contributed by atoms with Gasteiger partial charge in [0.15, 0.2) is 5.78 Å². The lowest BCUT2D eigenvalue weighted by Crippen LogP contribution is -2.71. The minimum atomic E-state index is -0.971. The second-order valence-corrected chi connectivity index (χ2v) is 9.40. The molecule has 7 atom stereocenters. The topological polar surface area (TPSA) is 126 Å². The smallest absolute Gasteiger partial charge is 0.310 e. The van der Waals surface area contributed by atoms with Crippen LogP contribution < -0.4 is 11.5 Å². The number of ether oxygens (including phenoxy) is 1. The molecule has 4 rings (SSSR count). The highest BCUT2D eigenvalue weighted by Crippen LogP contribution is 2.71. The van der Waals surface area contributed by atoms with E-state index in [2.05, 4.69) is 0 Å². The van der Waals surface area contributed by atoms with Crippen molar-refractivity contribution in [3.8, 4) is 0 Å². The van der Waals surface area contributed by atoms with E-state index in [0.717, 1.165) is 5.56 Å². The fraction of sp³-hybridized carbons (Fsp3) is 0.667. The Kier molecular flexibility index (Phi) is 4.06. The molecule has 7 heteroatoms. The van der Waals surface area contributed by atoms with Gasteiger partial charge in [0, 0.05) is 16.9 Å². The van der Waals surface area contributed by atoms with Crippen molar-refractivity contribution in [2.24, 2.45) is 39.5 Å². The van der Waals surface area contributed by atoms with Gasteiger partial charge < -0.3 is 20.6 Å². The molecule has 2 aliphatic carbocycles. The third kappa shape index (κ3) is 2.16. The number of carbonyl (C=O) groups excluding carboxylic acids is 3. The number of esters is 1. The Bertz CT molecular complexity index is 836. The molecule has 0 spiro atoms. The maximum Gasteiger partial charge on any atom is 0.310 e. The van der Waals surface area contributed by atoms with E-state index in [1.807, 2.05) is 20.8 Å². The third-order valence-corrected chi connectivity index (χ3v) is 8.50. The van der Waals surface area contributed by atoms with E-state index >= 15 is 0 Å². The normalized spacial score (nSPS) is 45.7.